The lowest BCUT2D eigenvalue weighted by atomic mass is 10.1. The van der Waals surface area contributed by atoms with Crippen LogP contribution in [0.4, 0.5) is 0 Å². The van der Waals surface area contributed by atoms with Crippen LogP contribution in [0.2, 0.25) is 0 Å². The van der Waals surface area contributed by atoms with Crippen LogP contribution >= 0.6 is 0 Å². The highest BCUT2D eigenvalue weighted by Gasteiger charge is 2.28. The van der Waals surface area contributed by atoms with Gasteiger partial charge in [-0.3, -0.25) is 9.69 Å². The van der Waals surface area contributed by atoms with Crippen LogP contribution in [0.15, 0.2) is 59.5 Å². The summed E-state index contributed by atoms with van der Waals surface area (Å²) in [5, 5.41) is 2.94. The van der Waals surface area contributed by atoms with Crippen molar-refractivity contribution in [2.24, 2.45) is 0 Å². The van der Waals surface area contributed by atoms with Crippen molar-refractivity contribution in [3.63, 3.8) is 0 Å². The minimum absolute atomic E-state index is 0.0817. The van der Waals surface area contributed by atoms with Gasteiger partial charge in [-0.25, -0.2) is 8.42 Å². The summed E-state index contributed by atoms with van der Waals surface area (Å²) in [4.78, 5) is 14.9. The van der Waals surface area contributed by atoms with Crippen molar-refractivity contribution in [1.82, 2.24) is 14.5 Å². The Morgan fingerprint density at radius 2 is 1.71 bits per heavy atom. The van der Waals surface area contributed by atoms with Gasteiger partial charge in [-0.15, -0.1) is 0 Å². The van der Waals surface area contributed by atoms with Crippen molar-refractivity contribution in [3.05, 3.63) is 65.7 Å². The first kappa shape index (κ1) is 22.0. The van der Waals surface area contributed by atoms with Crippen LogP contribution in [-0.2, 0) is 21.3 Å². The van der Waals surface area contributed by atoms with Crippen LogP contribution in [0.3, 0.4) is 0 Å². The number of sulfonamides is 1. The van der Waals surface area contributed by atoms with E-state index in [0.717, 1.165) is 31.6 Å². The number of benzene rings is 2. The molecule has 1 atom stereocenters. The fraction of sp³-hybridized carbons (Fsp3) is 0.435. The fourth-order valence-electron chi connectivity index (χ4n) is 4.00. The molecule has 166 valence electrons. The largest absolute Gasteiger partial charge is 0.376 e. The average molecular weight is 444 g/mol. The number of carbonyl (C=O) groups excluding carboxylic acids is 1. The summed E-state index contributed by atoms with van der Waals surface area (Å²) in [6.07, 6.45) is 2.19. The lowest BCUT2D eigenvalue weighted by Crippen LogP contribution is -2.48. The Balaban J connectivity index is 1.26. The molecule has 0 bridgehead atoms. The molecule has 8 heteroatoms. The van der Waals surface area contributed by atoms with Gasteiger partial charge in [-0.1, -0.05) is 30.3 Å². The Bertz CT molecular complexity index is 966. The van der Waals surface area contributed by atoms with Crippen LogP contribution in [0, 0.1) is 0 Å². The van der Waals surface area contributed by atoms with Crippen LogP contribution < -0.4 is 5.32 Å². The molecule has 1 unspecified atom stereocenters. The van der Waals surface area contributed by atoms with Crippen molar-refractivity contribution in [3.8, 4) is 0 Å². The van der Waals surface area contributed by atoms with E-state index in [9.17, 15) is 13.2 Å². The Morgan fingerprint density at radius 1 is 1.00 bits per heavy atom. The van der Waals surface area contributed by atoms with Crippen LogP contribution in [0.1, 0.15) is 28.8 Å². The minimum atomic E-state index is -3.43. The molecular formula is C23H29N3O4S. The summed E-state index contributed by atoms with van der Waals surface area (Å²) >= 11 is 0. The van der Waals surface area contributed by atoms with Gasteiger partial charge in [-0.2, -0.15) is 4.31 Å². The summed E-state index contributed by atoms with van der Waals surface area (Å²) in [5.74, 6) is -0.0817. The highest BCUT2D eigenvalue weighted by Crippen LogP contribution is 2.18. The number of ether oxygens (including phenoxy) is 1. The summed E-state index contributed by atoms with van der Waals surface area (Å²) in [5.41, 5.74) is 1.75. The zero-order chi connectivity index (χ0) is 21.7. The van der Waals surface area contributed by atoms with Crippen molar-refractivity contribution >= 4 is 15.9 Å². The summed E-state index contributed by atoms with van der Waals surface area (Å²) < 4.78 is 32.6. The second kappa shape index (κ2) is 9.91. The van der Waals surface area contributed by atoms with E-state index in [0.29, 0.717) is 43.2 Å². The highest BCUT2D eigenvalue weighted by molar-refractivity contribution is 7.89. The smallest absolute Gasteiger partial charge is 0.251 e. The monoisotopic (exact) mass is 443 g/mol. The van der Waals surface area contributed by atoms with Crippen molar-refractivity contribution in [2.45, 2.75) is 30.4 Å². The minimum Gasteiger partial charge on any atom is -0.376 e. The molecule has 2 aromatic rings. The molecule has 0 saturated carbocycles. The van der Waals surface area contributed by atoms with Gasteiger partial charge in [0.1, 0.15) is 0 Å². The lowest BCUT2D eigenvalue weighted by molar-refractivity contribution is 0.0857. The van der Waals surface area contributed by atoms with Gasteiger partial charge >= 0.3 is 0 Å². The molecule has 1 N–H and O–H groups in total. The number of carbonyl (C=O) groups is 1. The maximum absolute atomic E-state index is 12.8. The molecule has 2 aliphatic heterocycles. The number of rotatable bonds is 7. The molecule has 2 aliphatic rings. The summed E-state index contributed by atoms with van der Waals surface area (Å²) in [6.45, 7) is 4.36. The average Bonchev–Trinajstić information content (AvgIpc) is 3.33. The molecule has 2 saturated heterocycles. The molecule has 0 aliphatic carbocycles. The maximum Gasteiger partial charge on any atom is 0.251 e. The number of hydrogen-bond acceptors (Lipinski definition) is 5. The molecule has 7 nitrogen and oxygen atoms in total. The zero-order valence-corrected chi connectivity index (χ0v) is 18.4. The number of nitrogens with zero attached hydrogens (tertiary/aromatic N) is 2. The topological polar surface area (TPSA) is 79.0 Å². The highest BCUT2D eigenvalue weighted by atomic mass is 32.2. The number of amides is 1. The van der Waals surface area contributed by atoms with Gasteiger partial charge < -0.3 is 10.1 Å². The van der Waals surface area contributed by atoms with E-state index in [-0.39, 0.29) is 12.0 Å². The third-order valence-electron chi connectivity index (χ3n) is 5.85. The van der Waals surface area contributed by atoms with Gasteiger partial charge in [0.05, 0.1) is 11.0 Å². The number of piperazine rings is 1. The third kappa shape index (κ3) is 5.51. The fourth-order valence-corrected chi connectivity index (χ4v) is 5.45. The molecule has 0 radical (unpaired) electrons. The van der Waals surface area contributed by atoms with Crippen molar-refractivity contribution in [2.75, 3.05) is 39.3 Å². The van der Waals surface area contributed by atoms with E-state index >= 15 is 0 Å². The molecule has 4 rings (SSSR count). The van der Waals surface area contributed by atoms with Gasteiger partial charge in [0, 0.05) is 51.4 Å². The van der Waals surface area contributed by atoms with Crippen molar-refractivity contribution < 1.29 is 17.9 Å². The maximum atomic E-state index is 12.8. The Kier molecular flexibility index (Phi) is 7.02. The van der Waals surface area contributed by atoms with Crippen LogP contribution in [-0.4, -0.2) is 69.0 Å². The van der Waals surface area contributed by atoms with Crippen LogP contribution in [0.5, 0.6) is 0 Å². The van der Waals surface area contributed by atoms with E-state index in [1.54, 1.807) is 28.6 Å². The zero-order valence-electron chi connectivity index (χ0n) is 17.6. The predicted octanol–water partition coefficient (Wildman–Crippen LogP) is 2.10. The van der Waals surface area contributed by atoms with E-state index in [2.05, 4.69) is 10.2 Å². The standard InChI is InChI=1S/C23H29N3O4S/c27-23(24-17-21-5-4-16-30-21)20-10-8-19(9-11-20)18-25-12-14-26(15-13-25)31(28,29)22-6-2-1-3-7-22/h1-3,6-11,21H,4-5,12-18H2,(H,24,27). The number of nitrogens with one attached hydrogen (secondary N) is 1. The molecule has 0 spiro atoms. The normalized spacial score (nSPS) is 20.6. The predicted molar refractivity (Wildman–Crippen MR) is 118 cm³/mol. The Hall–Kier alpha value is -2.26. The van der Waals surface area contributed by atoms with E-state index in [1.165, 1.54) is 0 Å². The second-order valence-corrected chi connectivity index (χ2v) is 9.97. The van der Waals surface area contributed by atoms with Gasteiger partial charge in [0.25, 0.3) is 5.91 Å². The first-order chi connectivity index (χ1) is 15.0. The molecule has 2 aromatic carbocycles. The quantitative estimate of drug-likeness (QED) is 0.709. The summed E-state index contributed by atoms with van der Waals surface area (Å²) in [6, 6.07) is 16.2. The molecule has 2 fully saturated rings. The lowest BCUT2D eigenvalue weighted by Gasteiger charge is -2.34. The van der Waals surface area contributed by atoms with E-state index in [1.807, 2.05) is 30.3 Å². The van der Waals surface area contributed by atoms with Crippen molar-refractivity contribution in [1.29, 1.82) is 0 Å². The third-order valence-corrected chi connectivity index (χ3v) is 7.76. The molecule has 0 aromatic heterocycles. The molecule has 31 heavy (non-hydrogen) atoms. The SMILES string of the molecule is O=C(NCC1CCCO1)c1ccc(CN2CCN(S(=O)(=O)c3ccccc3)CC2)cc1. The van der Waals surface area contributed by atoms with E-state index < -0.39 is 10.0 Å². The Labute approximate surface area is 184 Å². The first-order valence-corrected chi connectivity index (χ1v) is 12.2. The summed E-state index contributed by atoms with van der Waals surface area (Å²) in [7, 11) is -3.43. The molecule has 1 amide bonds. The number of hydrogen-bond donors (Lipinski definition) is 1. The van der Waals surface area contributed by atoms with Gasteiger partial charge in [0.2, 0.25) is 10.0 Å². The molecular weight excluding hydrogens is 414 g/mol. The van der Waals surface area contributed by atoms with Gasteiger partial charge in [0.15, 0.2) is 0 Å². The van der Waals surface area contributed by atoms with E-state index in [4.69, 9.17) is 4.74 Å². The first-order valence-electron chi connectivity index (χ1n) is 10.8. The Morgan fingerprint density at radius 3 is 2.35 bits per heavy atom. The van der Waals surface area contributed by atoms with Gasteiger partial charge in [-0.05, 0) is 42.7 Å². The molecule has 2 heterocycles. The van der Waals surface area contributed by atoms with Crippen LogP contribution in [0.25, 0.3) is 0 Å². The second-order valence-electron chi connectivity index (χ2n) is 8.04.